The first-order chi connectivity index (χ1) is 17.4. The lowest BCUT2D eigenvalue weighted by Gasteiger charge is -2.18. The number of amides is 2. The van der Waals surface area contributed by atoms with Gasteiger partial charge in [-0.1, -0.05) is 59.9 Å². The number of aromatic nitrogens is 1. The maximum Gasteiger partial charge on any atom is 0.329 e. The van der Waals surface area contributed by atoms with Gasteiger partial charge in [-0.05, 0) is 23.8 Å². The third-order valence-corrected chi connectivity index (χ3v) is 6.02. The van der Waals surface area contributed by atoms with Crippen LogP contribution >= 0.6 is 11.3 Å². The zero-order chi connectivity index (χ0) is 25.5. The van der Waals surface area contributed by atoms with Crippen molar-refractivity contribution in [3.8, 4) is 0 Å². The van der Waals surface area contributed by atoms with Gasteiger partial charge in [-0.2, -0.15) is 0 Å². The highest BCUT2D eigenvalue weighted by Gasteiger charge is 2.24. The van der Waals surface area contributed by atoms with E-state index in [1.807, 2.05) is 30.3 Å². The highest BCUT2D eigenvalue weighted by atomic mass is 32.1. The smallest absolute Gasteiger partial charge is 0.329 e. The number of hydrogen-bond acceptors (Lipinski definition) is 8. The standard InChI is InChI=1S/C25H20N4O6S/c30-22(28-25-27-19-12-11-18(29(33)34)14-21(19)36-25)15-35-24(32)20(13-16-7-3-1-4-8-16)26-23(31)17-9-5-2-6-10-17/h1-12,14,20H,13,15H2,(H,26,31)(H,27,28,30)/t20-/m0/s1. The molecule has 11 heteroatoms. The van der Waals surface area contributed by atoms with E-state index in [0.29, 0.717) is 15.8 Å². The first kappa shape index (κ1) is 24.5. The topological polar surface area (TPSA) is 141 Å². The predicted molar refractivity (Wildman–Crippen MR) is 134 cm³/mol. The molecule has 0 aliphatic carbocycles. The fourth-order valence-electron chi connectivity index (χ4n) is 3.35. The van der Waals surface area contributed by atoms with Crippen LogP contribution in [0.5, 0.6) is 0 Å². The molecule has 2 amide bonds. The van der Waals surface area contributed by atoms with Gasteiger partial charge in [0.2, 0.25) is 0 Å². The van der Waals surface area contributed by atoms with Crippen LogP contribution in [0.4, 0.5) is 10.8 Å². The Labute approximate surface area is 209 Å². The summed E-state index contributed by atoms with van der Waals surface area (Å²) in [6.07, 6.45) is 0.177. The van der Waals surface area contributed by atoms with Crippen LogP contribution in [0.1, 0.15) is 15.9 Å². The zero-order valence-corrected chi connectivity index (χ0v) is 19.6. The number of rotatable bonds is 9. The number of nitrogens with zero attached hydrogens (tertiary/aromatic N) is 2. The van der Waals surface area contributed by atoms with Crippen molar-refractivity contribution in [2.45, 2.75) is 12.5 Å². The second-order valence-corrected chi connectivity index (χ2v) is 8.70. The lowest BCUT2D eigenvalue weighted by Crippen LogP contribution is -2.44. The van der Waals surface area contributed by atoms with E-state index in [1.54, 1.807) is 30.3 Å². The quantitative estimate of drug-likeness (QED) is 0.201. The van der Waals surface area contributed by atoms with Crippen molar-refractivity contribution in [1.82, 2.24) is 10.3 Å². The van der Waals surface area contributed by atoms with Gasteiger partial charge in [0.05, 0.1) is 15.1 Å². The zero-order valence-electron chi connectivity index (χ0n) is 18.7. The molecule has 0 radical (unpaired) electrons. The molecule has 1 atom stereocenters. The van der Waals surface area contributed by atoms with Crippen molar-refractivity contribution in [3.05, 3.63) is 100 Å². The number of nitrogens with one attached hydrogen (secondary N) is 2. The van der Waals surface area contributed by atoms with Crippen molar-refractivity contribution in [3.63, 3.8) is 0 Å². The van der Waals surface area contributed by atoms with Gasteiger partial charge >= 0.3 is 5.97 Å². The molecule has 10 nitrogen and oxygen atoms in total. The number of ether oxygens (including phenoxy) is 1. The van der Waals surface area contributed by atoms with Crippen molar-refractivity contribution >= 4 is 50.2 Å². The van der Waals surface area contributed by atoms with Crippen LogP contribution in [0.2, 0.25) is 0 Å². The number of nitro benzene ring substituents is 1. The molecule has 0 unspecified atom stereocenters. The molecule has 4 rings (SSSR count). The van der Waals surface area contributed by atoms with Crippen molar-refractivity contribution in [2.24, 2.45) is 0 Å². The fraction of sp³-hybridized carbons (Fsp3) is 0.120. The molecule has 0 saturated heterocycles. The number of carbonyl (C=O) groups is 3. The van der Waals surface area contributed by atoms with E-state index in [-0.39, 0.29) is 17.2 Å². The molecular formula is C25H20N4O6S. The summed E-state index contributed by atoms with van der Waals surface area (Å²) in [5, 5.41) is 16.4. The maximum atomic E-state index is 12.8. The summed E-state index contributed by atoms with van der Waals surface area (Å²) in [4.78, 5) is 52.5. The van der Waals surface area contributed by atoms with Gasteiger partial charge in [-0.3, -0.25) is 25.0 Å². The summed E-state index contributed by atoms with van der Waals surface area (Å²) in [5.74, 6) is -1.84. The summed E-state index contributed by atoms with van der Waals surface area (Å²) in [6, 6.07) is 20.7. The first-order valence-electron chi connectivity index (χ1n) is 10.8. The molecule has 36 heavy (non-hydrogen) atoms. The van der Waals surface area contributed by atoms with Crippen LogP contribution in [-0.2, 0) is 20.7 Å². The number of non-ortho nitro benzene ring substituents is 1. The molecule has 0 fully saturated rings. The molecule has 2 N–H and O–H groups in total. The van der Waals surface area contributed by atoms with Gasteiger partial charge in [-0.15, -0.1) is 0 Å². The van der Waals surface area contributed by atoms with Crippen LogP contribution in [0.25, 0.3) is 10.2 Å². The van der Waals surface area contributed by atoms with Crippen LogP contribution in [0.15, 0.2) is 78.9 Å². The Hall–Kier alpha value is -4.64. The third-order valence-electron chi connectivity index (χ3n) is 5.08. The molecule has 4 aromatic rings. The van der Waals surface area contributed by atoms with Crippen molar-refractivity contribution < 1.29 is 24.0 Å². The lowest BCUT2D eigenvalue weighted by atomic mass is 10.1. The minimum atomic E-state index is -1.02. The fourth-order valence-corrected chi connectivity index (χ4v) is 4.26. The minimum absolute atomic E-state index is 0.0834. The highest BCUT2D eigenvalue weighted by Crippen LogP contribution is 2.29. The first-order valence-corrected chi connectivity index (χ1v) is 11.6. The Morgan fingerprint density at radius 2 is 1.69 bits per heavy atom. The highest BCUT2D eigenvalue weighted by molar-refractivity contribution is 7.22. The number of hydrogen-bond donors (Lipinski definition) is 2. The summed E-state index contributed by atoms with van der Waals surface area (Å²) in [7, 11) is 0. The molecule has 1 aromatic heterocycles. The largest absolute Gasteiger partial charge is 0.454 e. The third kappa shape index (κ3) is 6.27. The van der Waals surface area contributed by atoms with Gasteiger partial charge in [-0.25, -0.2) is 9.78 Å². The molecule has 1 heterocycles. The maximum absolute atomic E-state index is 12.8. The number of nitro groups is 1. The molecule has 0 aliphatic rings. The lowest BCUT2D eigenvalue weighted by molar-refractivity contribution is -0.384. The van der Waals surface area contributed by atoms with E-state index in [4.69, 9.17) is 4.74 Å². The van der Waals surface area contributed by atoms with Crippen LogP contribution in [0.3, 0.4) is 0 Å². The SMILES string of the molecule is O=C(COC(=O)[C@H](Cc1ccccc1)NC(=O)c1ccccc1)Nc1nc2ccc([N+](=O)[O-])cc2s1. The van der Waals surface area contributed by atoms with E-state index in [0.717, 1.165) is 16.9 Å². The van der Waals surface area contributed by atoms with Gasteiger partial charge in [0.25, 0.3) is 17.5 Å². The number of thiazole rings is 1. The van der Waals surface area contributed by atoms with Crippen molar-refractivity contribution in [1.29, 1.82) is 0 Å². The van der Waals surface area contributed by atoms with Crippen molar-refractivity contribution in [2.75, 3.05) is 11.9 Å². The Bertz CT molecular complexity index is 1410. The Morgan fingerprint density at radius 1 is 1.00 bits per heavy atom. The summed E-state index contributed by atoms with van der Waals surface area (Å²) in [5.41, 5.74) is 1.60. The summed E-state index contributed by atoms with van der Waals surface area (Å²) in [6.45, 7) is -0.596. The summed E-state index contributed by atoms with van der Waals surface area (Å²) >= 11 is 1.06. The second kappa shape index (κ2) is 11.2. The van der Waals surface area contributed by atoms with Gasteiger partial charge in [0.15, 0.2) is 11.7 Å². The van der Waals surface area contributed by atoms with E-state index >= 15 is 0 Å². The van der Waals surface area contributed by atoms with Gasteiger partial charge in [0.1, 0.15) is 6.04 Å². The molecule has 0 saturated carbocycles. The average Bonchev–Trinajstić information content (AvgIpc) is 3.29. The van der Waals surface area contributed by atoms with E-state index in [1.165, 1.54) is 18.2 Å². The second-order valence-electron chi connectivity index (χ2n) is 7.67. The number of carbonyl (C=O) groups excluding carboxylic acids is 3. The number of anilines is 1. The van der Waals surface area contributed by atoms with E-state index in [2.05, 4.69) is 15.6 Å². The Kier molecular flexibility index (Phi) is 7.61. The minimum Gasteiger partial charge on any atom is -0.454 e. The Morgan fingerprint density at radius 3 is 2.39 bits per heavy atom. The number of benzene rings is 3. The van der Waals surface area contributed by atoms with Crippen LogP contribution < -0.4 is 10.6 Å². The molecule has 0 spiro atoms. The normalized spacial score (nSPS) is 11.4. The number of esters is 1. The summed E-state index contributed by atoms with van der Waals surface area (Å²) < 4.78 is 5.72. The molecule has 0 aliphatic heterocycles. The van der Waals surface area contributed by atoms with Gasteiger partial charge in [0, 0.05) is 24.1 Å². The number of fused-ring (bicyclic) bond motifs is 1. The predicted octanol–water partition coefficient (Wildman–Crippen LogP) is 3.73. The average molecular weight is 505 g/mol. The van der Waals surface area contributed by atoms with E-state index < -0.39 is 35.4 Å². The van der Waals surface area contributed by atoms with E-state index in [9.17, 15) is 24.5 Å². The molecule has 0 bridgehead atoms. The molecule has 3 aromatic carbocycles. The Balaban J connectivity index is 1.39. The monoisotopic (exact) mass is 504 g/mol. The molecule has 182 valence electrons. The van der Waals surface area contributed by atoms with Crippen LogP contribution in [0, 0.1) is 10.1 Å². The van der Waals surface area contributed by atoms with Crippen LogP contribution in [-0.4, -0.2) is 40.3 Å². The van der Waals surface area contributed by atoms with Gasteiger partial charge < -0.3 is 10.1 Å². The molecular weight excluding hydrogens is 484 g/mol.